The van der Waals surface area contributed by atoms with Gasteiger partial charge in [-0.05, 0) is 104 Å². The summed E-state index contributed by atoms with van der Waals surface area (Å²) in [5.41, 5.74) is 3.72. The molecule has 260 valence electrons. The SMILES string of the molecule is C=CC(=O)Nc1cccc(CNc2nc(Nc3ccc(N4CCN(CCCNC(=O)CC5[C@H]6CC[C@H](C6)C[C@@H]5C)CC4)cc3)ncc2Cl)c1. The molecule has 2 saturated carbocycles. The summed E-state index contributed by atoms with van der Waals surface area (Å²) < 4.78 is 0. The van der Waals surface area contributed by atoms with Gasteiger partial charge in [0.1, 0.15) is 5.02 Å². The number of aromatic nitrogens is 2. The number of carbonyl (C=O) groups excluding carboxylic acids is 2. The fourth-order valence-electron chi connectivity index (χ4n) is 7.87. The molecule has 10 nitrogen and oxygen atoms in total. The van der Waals surface area contributed by atoms with Crippen LogP contribution in [0.15, 0.2) is 67.4 Å². The van der Waals surface area contributed by atoms with Crippen molar-refractivity contribution in [1.82, 2.24) is 20.2 Å². The smallest absolute Gasteiger partial charge is 0.247 e. The fraction of sp³-hybridized carbons (Fsp3) is 0.474. The summed E-state index contributed by atoms with van der Waals surface area (Å²) >= 11 is 6.39. The first-order chi connectivity index (χ1) is 23.8. The number of benzene rings is 2. The largest absolute Gasteiger partial charge is 0.369 e. The van der Waals surface area contributed by atoms with Crippen LogP contribution in [0.3, 0.4) is 0 Å². The summed E-state index contributed by atoms with van der Waals surface area (Å²) in [5.74, 6) is 3.91. The van der Waals surface area contributed by atoms with Gasteiger partial charge in [0.05, 0.1) is 6.20 Å². The first-order valence-electron chi connectivity index (χ1n) is 17.7. The minimum atomic E-state index is -0.259. The summed E-state index contributed by atoms with van der Waals surface area (Å²) in [7, 11) is 0. The van der Waals surface area contributed by atoms with E-state index < -0.39 is 0 Å². The molecular formula is C38H49ClN8O2. The van der Waals surface area contributed by atoms with Gasteiger partial charge in [-0.15, -0.1) is 0 Å². The number of nitrogens with zero attached hydrogens (tertiary/aromatic N) is 4. The lowest BCUT2D eigenvalue weighted by Crippen LogP contribution is -2.47. The summed E-state index contributed by atoms with van der Waals surface area (Å²) in [4.78, 5) is 38.2. The van der Waals surface area contributed by atoms with Gasteiger partial charge in [0.2, 0.25) is 17.8 Å². The van der Waals surface area contributed by atoms with Crippen molar-refractivity contribution in [3.63, 3.8) is 0 Å². The lowest BCUT2D eigenvalue weighted by Gasteiger charge is -2.36. The molecule has 1 aromatic heterocycles. The third-order valence-electron chi connectivity index (χ3n) is 10.5. The van der Waals surface area contributed by atoms with Crippen LogP contribution < -0.4 is 26.2 Å². The second kappa shape index (κ2) is 16.5. The third-order valence-corrected chi connectivity index (χ3v) is 10.7. The average molecular weight is 685 g/mol. The fourth-order valence-corrected chi connectivity index (χ4v) is 8.03. The van der Waals surface area contributed by atoms with Crippen LogP contribution in [-0.4, -0.2) is 66.0 Å². The van der Waals surface area contributed by atoms with Crippen LogP contribution in [-0.2, 0) is 16.1 Å². The zero-order valence-corrected chi connectivity index (χ0v) is 29.2. The van der Waals surface area contributed by atoms with Crippen molar-refractivity contribution >= 4 is 52.2 Å². The number of hydrogen-bond acceptors (Lipinski definition) is 8. The number of nitrogens with one attached hydrogen (secondary N) is 4. The molecule has 4 N–H and O–H groups in total. The molecule has 2 aliphatic carbocycles. The maximum Gasteiger partial charge on any atom is 0.247 e. The highest BCUT2D eigenvalue weighted by Crippen LogP contribution is 2.49. The van der Waals surface area contributed by atoms with Crippen LogP contribution >= 0.6 is 11.6 Å². The van der Waals surface area contributed by atoms with Crippen molar-refractivity contribution in [2.24, 2.45) is 23.7 Å². The van der Waals surface area contributed by atoms with Gasteiger partial charge in [-0.1, -0.05) is 43.7 Å². The molecule has 2 heterocycles. The Morgan fingerprint density at radius 2 is 1.86 bits per heavy atom. The number of carbonyl (C=O) groups is 2. The number of hydrogen-bond donors (Lipinski definition) is 4. The number of halogens is 1. The van der Waals surface area contributed by atoms with Crippen LogP contribution in [0.25, 0.3) is 0 Å². The summed E-state index contributed by atoms with van der Waals surface area (Å²) in [6, 6.07) is 15.9. The molecule has 2 amide bonds. The topological polar surface area (TPSA) is 115 Å². The van der Waals surface area contributed by atoms with Crippen molar-refractivity contribution in [3.8, 4) is 0 Å². The normalized spacial score (nSPS) is 22.0. The Hall–Kier alpha value is -4.15. The molecular weight excluding hydrogens is 636 g/mol. The lowest BCUT2D eigenvalue weighted by molar-refractivity contribution is -0.123. The number of rotatable bonds is 14. The molecule has 2 aromatic carbocycles. The van der Waals surface area contributed by atoms with Crippen LogP contribution in [0.4, 0.5) is 28.8 Å². The molecule has 4 atom stereocenters. The van der Waals surface area contributed by atoms with E-state index in [1.165, 1.54) is 37.4 Å². The van der Waals surface area contributed by atoms with E-state index in [4.69, 9.17) is 11.6 Å². The standard InChI is InChI=1S/C38H49ClN8O2/c1-3-35(48)43-31-7-4-6-28(22-31)24-41-37-34(39)25-42-38(45-37)44-30-10-12-32(13-11-30)47-18-16-46(17-19-47)15-5-14-40-36(49)23-33-26(2)20-27-8-9-29(33)21-27/h3-4,6-7,10-13,22,25-27,29,33H,1,5,8-9,14-21,23-24H2,2H3,(H,40,49)(H,43,48)(H2,41,42,44,45)/t26-,27-,29-,33?/m0/s1. The quantitative estimate of drug-likeness (QED) is 0.110. The van der Waals surface area contributed by atoms with Crippen LogP contribution in [0, 0.1) is 23.7 Å². The first-order valence-corrected chi connectivity index (χ1v) is 18.1. The predicted octanol–water partition coefficient (Wildman–Crippen LogP) is 6.70. The molecule has 3 aliphatic rings. The van der Waals surface area contributed by atoms with E-state index in [-0.39, 0.29) is 11.8 Å². The Balaban J connectivity index is 0.906. The van der Waals surface area contributed by atoms with Crippen molar-refractivity contribution < 1.29 is 9.59 Å². The first kappa shape index (κ1) is 34.7. The molecule has 6 rings (SSSR count). The van der Waals surface area contributed by atoms with Gasteiger partial charge in [0, 0.05) is 62.8 Å². The second-order valence-corrected chi connectivity index (χ2v) is 14.3. The molecule has 0 radical (unpaired) electrons. The van der Waals surface area contributed by atoms with Gasteiger partial charge in [-0.25, -0.2) is 4.98 Å². The summed E-state index contributed by atoms with van der Waals surface area (Å²) in [6.07, 6.45) is 9.90. The van der Waals surface area contributed by atoms with E-state index in [1.54, 1.807) is 6.20 Å². The maximum atomic E-state index is 12.7. The maximum absolute atomic E-state index is 12.7. The molecule has 3 aromatic rings. The van der Waals surface area contributed by atoms with Gasteiger partial charge in [-0.3, -0.25) is 14.5 Å². The highest BCUT2D eigenvalue weighted by molar-refractivity contribution is 6.32. The molecule has 11 heteroatoms. The van der Waals surface area contributed by atoms with E-state index in [2.05, 4.69) is 66.7 Å². The van der Waals surface area contributed by atoms with Gasteiger partial charge in [-0.2, -0.15) is 4.98 Å². The van der Waals surface area contributed by atoms with Gasteiger partial charge in [0.25, 0.3) is 0 Å². The van der Waals surface area contributed by atoms with Crippen LogP contribution in [0.1, 0.15) is 51.0 Å². The molecule has 49 heavy (non-hydrogen) atoms. The number of fused-ring (bicyclic) bond motifs is 2. The zero-order valence-electron chi connectivity index (χ0n) is 28.5. The molecule has 1 unspecified atom stereocenters. The molecule has 3 fully saturated rings. The van der Waals surface area contributed by atoms with Gasteiger partial charge in [0.15, 0.2) is 5.82 Å². The third kappa shape index (κ3) is 9.51. The van der Waals surface area contributed by atoms with Gasteiger partial charge >= 0.3 is 0 Å². The second-order valence-electron chi connectivity index (χ2n) is 13.9. The van der Waals surface area contributed by atoms with E-state index in [9.17, 15) is 9.59 Å². The van der Waals surface area contributed by atoms with Crippen molar-refractivity contribution in [2.45, 2.75) is 52.0 Å². The van der Waals surface area contributed by atoms with Crippen molar-refractivity contribution in [2.75, 3.05) is 60.1 Å². The number of piperazine rings is 1. The lowest BCUT2D eigenvalue weighted by atomic mass is 9.71. The molecule has 0 spiro atoms. The minimum Gasteiger partial charge on any atom is -0.369 e. The molecule has 1 aliphatic heterocycles. The van der Waals surface area contributed by atoms with Crippen molar-refractivity contribution in [3.05, 3.63) is 78.0 Å². The Labute approximate surface area is 295 Å². The van der Waals surface area contributed by atoms with Crippen LogP contribution in [0.5, 0.6) is 0 Å². The predicted molar refractivity (Wildman–Crippen MR) is 198 cm³/mol. The Morgan fingerprint density at radius 1 is 1.04 bits per heavy atom. The van der Waals surface area contributed by atoms with Crippen molar-refractivity contribution in [1.29, 1.82) is 0 Å². The summed E-state index contributed by atoms with van der Waals surface area (Å²) in [5, 5.41) is 12.9. The Bertz CT molecular complexity index is 1590. The number of anilines is 5. The van der Waals surface area contributed by atoms with E-state index in [0.717, 1.165) is 68.8 Å². The Morgan fingerprint density at radius 3 is 2.65 bits per heavy atom. The minimum absolute atomic E-state index is 0.250. The molecule has 2 bridgehead atoms. The zero-order chi connectivity index (χ0) is 34.2. The average Bonchev–Trinajstić information content (AvgIpc) is 3.52. The van der Waals surface area contributed by atoms with Gasteiger partial charge < -0.3 is 26.2 Å². The van der Waals surface area contributed by atoms with E-state index in [0.29, 0.717) is 47.3 Å². The monoisotopic (exact) mass is 684 g/mol. The highest BCUT2D eigenvalue weighted by Gasteiger charge is 2.40. The van der Waals surface area contributed by atoms with E-state index in [1.807, 2.05) is 36.4 Å². The Kier molecular flexibility index (Phi) is 11.7. The number of amides is 2. The molecule has 1 saturated heterocycles. The van der Waals surface area contributed by atoms with E-state index >= 15 is 0 Å². The highest BCUT2D eigenvalue weighted by atomic mass is 35.5. The summed E-state index contributed by atoms with van der Waals surface area (Å²) in [6.45, 7) is 12.1. The van der Waals surface area contributed by atoms with Crippen LogP contribution in [0.2, 0.25) is 5.02 Å².